The van der Waals surface area contributed by atoms with Crippen LogP contribution >= 0.6 is 0 Å². The highest BCUT2D eigenvalue weighted by Gasteiger charge is 2.22. The Labute approximate surface area is 131 Å². The molecule has 1 saturated heterocycles. The van der Waals surface area contributed by atoms with Crippen molar-refractivity contribution in [2.24, 2.45) is 5.92 Å². The van der Waals surface area contributed by atoms with Crippen LogP contribution in [0.2, 0.25) is 0 Å². The van der Waals surface area contributed by atoms with Crippen LogP contribution in [0.4, 0.5) is 0 Å². The molecule has 3 rings (SSSR count). The molecule has 0 spiro atoms. The van der Waals surface area contributed by atoms with Crippen molar-refractivity contribution in [1.82, 2.24) is 0 Å². The lowest BCUT2D eigenvalue weighted by Gasteiger charge is -2.27. The minimum atomic E-state index is -0.0416. The first kappa shape index (κ1) is 14.9. The van der Waals surface area contributed by atoms with Gasteiger partial charge in [0.2, 0.25) is 0 Å². The van der Waals surface area contributed by atoms with Crippen molar-refractivity contribution in [3.05, 3.63) is 47.5 Å². The van der Waals surface area contributed by atoms with Crippen molar-refractivity contribution in [3.63, 3.8) is 0 Å². The second kappa shape index (κ2) is 6.01. The highest BCUT2D eigenvalue weighted by molar-refractivity contribution is 5.77. The first-order valence-electron chi connectivity index (χ1n) is 7.79. The number of aryl methyl sites for hydroxylation is 1. The summed E-state index contributed by atoms with van der Waals surface area (Å²) in [4.78, 5) is 0. The molecule has 1 heterocycles. The predicted octanol–water partition coefficient (Wildman–Crippen LogP) is 4.56. The van der Waals surface area contributed by atoms with Crippen molar-refractivity contribution in [3.8, 4) is 22.6 Å². The maximum atomic E-state index is 10.4. The molecule has 3 nitrogen and oxygen atoms in total. The van der Waals surface area contributed by atoms with Crippen LogP contribution in [0.3, 0.4) is 0 Å². The summed E-state index contributed by atoms with van der Waals surface area (Å²) in [6.07, 6.45) is 1.98. The van der Waals surface area contributed by atoms with Crippen LogP contribution < -0.4 is 0 Å². The van der Waals surface area contributed by atoms with E-state index in [0.29, 0.717) is 11.5 Å². The molecule has 2 unspecified atom stereocenters. The lowest BCUT2D eigenvalue weighted by molar-refractivity contribution is -0.0125. The molecule has 0 bridgehead atoms. The van der Waals surface area contributed by atoms with E-state index in [9.17, 15) is 10.2 Å². The molecule has 2 aromatic rings. The van der Waals surface area contributed by atoms with Crippen LogP contribution in [0.25, 0.3) is 11.1 Å². The van der Waals surface area contributed by atoms with Gasteiger partial charge in [-0.2, -0.15) is 0 Å². The topological polar surface area (TPSA) is 49.7 Å². The summed E-state index contributed by atoms with van der Waals surface area (Å²) in [6.45, 7) is 4.91. The molecule has 1 aliphatic rings. The van der Waals surface area contributed by atoms with Gasteiger partial charge in [0.25, 0.3) is 0 Å². The molecule has 0 radical (unpaired) electrons. The molecule has 2 aromatic carbocycles. The summed E-state index contributed by atoms with van der Waals surface area (Å²) in [7, 11) is 0. The third-order valence-electron chi connectivity index (χ3n) is 4.33. The quantitative estimate of drug-likeness (QED) is 0.854. The zero-order valence-corrected chi connectivity index (χ0v) is 13.0. The zero-order valence-electron chi connectivity index (χ0n) is 13.0. The van der Waals surface area contributed by atoms with E-state index >= 15 is 0 Å². The molecule has 2 N–H and O–H groups in total. The van der Waals surface area contributed by atoms with Crippen LogP contribution in [0.1, 0.15) is 37.0 Å². The van der Waals surface area contributed by atoms with Gasteiger partial charge in [0.15, 0.2) is 0 Å². The maximum absolute atomic E-state index is 10.4. The second-order valence-electron chi connectivity index (χ2n) is 6.30. The molecule has 1 aliphatic heterocycles. The van der Waals surface area contributed by atoms with Crippen molar-refractivity contribution in [1.29, 1.82) is 0 Å². The summed E-state index contributed by atoms with van der Waals surface area (Å²) < 4.78 is 5.83. The van der Waals surface area contributed by atoms with Gasteiger partial charge >= 0.3 is 0 Å². The highest BCUT2D eigenvalue weighted by Crippen LogP contribution is 2.41. The number of phenolic OH excluding ortho intramolecular Hbond substituents is 2. The van der Waals surface area contributed by atoms with Gasteiger partial charge in [0.1, 0.15) is 11.5 Å². The van der Waals surface area contributed by atoms with E-state index in [0.717, 1.165) is 36.1 Å². The average molecular weight is 298 g/mol. The van der Waals surface area contributed by atoms with Gasteiger partial charge < -0.3 is 14.9 Å². The molecule has 0 aliphatic carbocycles. The fourth-order valence-electron chi connectivity index (χ4n) is 2.98. The number of benzene rings is 2. The first-order valence-corrected chi connectivity index (χ1v) is 7.79. The Balaban J connectivity index is 1.93. The monoisotopic (exact) mass is 298 g/mol. The lowest BCUT2D eigenvalue weighted by atomic mass is 9.93. The van der Waals surface area contributed by atoms with Crippen LogP contribution in [0.15, 0.2) is 36.4 Å². The van der Waals surface area contributed by atoms with Crippen LogP contribution in [0.5, 0.6) is 11.5 Å². The second-order valence-corrected chi connectivity index (χ2v) is 6.30. The van der Waals surface area contributed by atoms with E-state index in [4.69, 9.17) is 4.74 Å². The standard InChI is InChI=1S/C19H22O3/c1-12-3-6-14(7-4-12)19-16(20)9-15(10-17(19)21)18-8-5-13(2)11-22-18/h3-4,6-7,9-10,13,18,20-21H,5,8,11H2,1-2H3. The minimum Gasteiger partial charge on any atom is -0.507 e. The van der Waals surface area contributed by atoms with Crippen molar-refractivity contribution in [2.45, 2.75) is 32.8 Å². The number of rotatable bonds is 2. The summed E-state index contributed by atoms with van der Waals surface area (Å²) in [5, 5.41) is 20.7. The largest absolute Gasteiger partial charge is 0.507 e. The SMILES string of the molecule is Cc1ccc(-c2c(O)cc(C3CCC(C)CO3)cc2O)cc1. The zero-order chi connectivity index (χ0) is 15.7. The molecule has 0 aromatic heterocycles. The first-order chi connectivity index (χ1) is 10.5. The summed E-state index contributed by atoms with van der Waals surface area (Å²) in [6, 6.07) is 11.2. The smallest absolute Gasteiger partial charge is 0.127 e. The summed E-state index contributed by atoms with van der Waals surface area (Å²) >= 11 is 0. The Morgan fingerprint density at radius 3 is 2.18 bits per heavy atom. The van der Waals surface area contributed by atoms with E-state index in [-0.39, 0.29) is 17.6 Å². The van der Waals surface area contributed by atoms with Gasteiger partial charge in [-0.3, -0.25) is 0 Å². The fourth-order valence-corrected chi connectivity index (χ4v) is 2.98. The molecule has 3 heteroatoms. The number of phenols is 2. The van der Waals surface area contributed by atoms with Crippen LogP contribution in [0, 0.1) is 12.8 Å². The fraction of sp³-hybridized carbons (Fsp3) is 0.368. The van der Waals surface area contributed by atoms with Crippen LogP contribution in [-0.2, 0) is 4.74 Å². The maximum Gasteiger partial charge on any atom is 0.127 e. The Hall–Kier alpha value is -2.00. The molecule has 0 amide bonds. The molecule has 0 saturated carbocycles. The minimum absolute atomic E-state index is 0.0416. The molecular weight excluding hydrogens is 276 g/mol. The molecule has 116 valence electrons. The van der Waals surface area contributed by atoms with Crippen molar-refractivity contribution in [2.75, 3.05) is 6.61 Å². The van der Waals surface area contributed by atoms with E-state index in [1.807, 2.05) is 31.2 Å². The molecule has 1 fully saturated rings. The number of ether oxygens (including phenoxy) is 1. The van der Waals surface area contributed by atoms with E-state index < -0.39 is 0 Å². The lowest BCUT2D eigenvalue weighted by Crippen LogP contribution is -2.18. The van der Waals surface area contributed by atoms with Crippen molar-refractivity contribution >= 4 is 0 Å². The van der Waals surface area contributed by atoms with E-state index in [1.165, 1.54) is 0 Å². The summed E-state index contributed by atoms with van der Waals surface area (Å²) in [5.41, 5.74) is 3.28. The van der Waals surface area contributed by atoms with Gasteiger partial charge in [-0.05, 0) is 48.9 Å². The van der Waals surface area contributed by atoms with Crippen LogP contribution in [-0.4, -0.2) is 16.8 Å². The third-order valence-corrected chi connectivity index (χ3v) is 4.33. The Kier molecular flexibility index (Phi) is 4.08. The van der Waals surface area contributed by atoms with Gasteiger partial charge in [-0.15, -0.1) is 0 Å². The molecule has 22 heavy (non-hydrogen) atoms. The van der Waals surface area contributed by atoms with E-state index in [2.05, 4.69) is 6.92 Å². The van der Waals surface area contributed by atoms with E-state index in [1.54, 1.807) is 12.1 Å². The summed E-state index contributed by atoms with van der Waals surface area (Å²) in [5.74, 6) is 0.771. The van der Waals surface area contributed by atoms with Crippen molar-refractivity contribution < 1.29 is 14.9 Å². The average Bonchev–Trinajstić information content (AvgIpc) is 2.49. The van der Waals surface area contributed by atoms with Gasteiger partial charge in [-0.25, -0.2) is 0 Å². The Morgan fingerprint density at radius 2 is 1.64 bits per heavy atom. The number of hydrogen-bond acceptors (Lipinski definition) is 3. The third kappa shape index (κ3) is 2.95. The number of aromatic hydroxyl groups is 2. The Bertz CT molecular complexity index is 630. The normalized spacial score (nSPS) is 21.7. The van der Waals surface area contributed by atoms with Gasteiger partial charge in [0, 0.05) is 6.61 Å². The number of hydrogen-bond donors (Lipinski definition) is 2. The molecular formula is C19H22O3. The predicted molar refractivity (Wildman–Crippen MR) is 87.0 cm³/mol. The highest BCUT2D eigenvalue weighted by atomic mass is 16.5. The van der Waals surface area contributed by atoms with Gasteiger partial charge in [-0.1, -0.05) is 36.8 Å². The Morgan fingerprint density at radius 1 is 1.00 bits per heavy atom. The molecule has 2 atom stereocenters. The van der Waals surface area contributed by atoms with Gasteiger partial charge in [0.05, 0.1) is 11.7 Å².